The molecule has 0 radical (unpaired) electrons. The topological polar surface area (TPSA) is 76.7 Å². The lowest BCUT2D eigenvalue weighted by molar-refractivity contribution is 0.249. The Bertz CT molecular complexity index is 705. The third-order valence-electron chi connectivity index (χ3n) is 2.69. The van der Waals surface area contributed by atoms with E-state index in [1.165, 1.54) is 30.5 Å². The summed E-state index contributed by atoms with van der Waals surface area (Å²) < 4.78 is 32.5. The molecule has 22 heavy (non-hydrogen) atoms. The highest BCUT2D eigenvalue weighted by molar-refractivity contribution is 5.81. The largest absolute Gasteiger partial charge is 0.486 e. The van der Waals surface area contributed by atoms with Crippen LogP contribution in [0.2, 0.25) is 0 Å². The fraction of sp³-hybridized carbons (Fsp3) is 0.0667. The number of ether oxygens (including phenoxy) is 1. The highest BCUT2D eigenvalue weighted by Crippen LogP contribution is 2.19. The zero-order chi connectivity index (χ0) is 15.9. The normalized spacial score (nSPS) is 10.6. The predicted molar refractivity (Wildman–Crippen MR) is 77.4 cm³/mol. The van der Waals surface area contributed by atoms with Crippen molar-refractivity contribution in [2.75, 3.05) is 0 Å². The summed E-state index contributed by atoms with van der Waals surface area (Å²) in [4.78, 5) is 10.4. The molecule has 0 saturated heterocycles. The van der Waals surface area contributed by atoms with E-state index >= 15 is 0 Å². The van der Waals surface area contributed by atoms with E-state index in [2.05, 4.69) is 5.10 Å². The van der Waals surface area contributed by atoms with Crippen LogP contribution in [0.25, 0.3) is 0 Å². The van der Waals surface area contributed by atoms with Crippen molar-refractivity contribution in [1.29, 1.82) is 0 Å². The summed E-state index contributed by atoms with van der Waals surface area (Å²) in [5.74, 6) is -1.05. The molecule has 0 heterocycles. The van der Waals surface area contributed by atoms with Crippen LogP contribution in [0.15, 0.2) is 47.6 Å². The molecular formula is C15H13F2N3O2. The van der Waals surface area contributed by atoms with Gasteiger partial charge in [-0.2, -0.15) is 5.10 Å². The summed E-state index contributed by atoms with van der Waals surface area (Å²) in [5, 5.41) is 3.51. The van der Waals surface area contributed by atoms with Crippen molar-refractivity contribution in [2.24, 2.45) is 10.8 Å². The summed E-state index contributed by atoms with van der Waals surface area (Å²) in [6, 6.07) is 9.37. The summed E-state index contributed by atoms with van der Waals surface area (Å²) in [5.41, 5.74) is 7.56. The third-order valence-corrected chi connectivity index (χ3v) is 2.69. The molecule has 2 rings (SSSR count). The number of nitrogens with zero attached hydrogens (tertiary/aromatic N) is 1. The van der Waals surface area contributed by atoms with E-state index in [0.717, 1.165) is 0 Å². The molecule has 0 atom stereocenters. The van der Waals surface area contributed by atoms with E-state index in [0.29, 0.717) is 11.1 Å². The number of carbonyl (C=O) groups is 1. The summed E-state index contributed by atoms with van der Waals surface area (Å²) in [6.45, 7) is -0.0831. The second kappa shape index (κ2) is 7.16. The maximum atomic E-state index is 13.8. The lowest BCUT2D eigenvalue weighted by Crippen LogP contribution is -2.24. The maximum Gasteiger partial charge on any atom is 0.332 e. The number of amides is 2. The molecule has 2 aromatic rings. The van der Waals surface area contributed by atoms with Gasteiger partial charge in [0, 0.05) is 5.56 Å². The maximum absolute atomic E-state index is 13.8. The molecule has 0 spiro atoms. The minimum absolute atomic E-state index is 0.0109. The number of halogens is 2. The van der Waals surface area contributed by atoms with Crippen LogP contribution in [0.1, 0.15) is 11.1 Å². The molecule has 0 aliphatic rings. The van der Waals surface area contributed by atoms with Crippen molar-refractivity contribution < 1.29 is 18.3 Å². The van der Waals surface area contributed by atoms with Crippen LogP contribution >= 0.6 is 0 Å². The minimum atomic E-state index is -0.818. The van der Waals surface area contributed by atoms with Crippen molar-refractivity contribution in [3.8, 4) is 5.75 Å². The van der Waals surface area contributed by atoms with E-state index in [-0.39, 0.29) is 12.4 Å². The van der Waals surface area contributed by atoms with Crippen LogP contribution in [-0.4, -0.2) is 12.2 Å². The van der Waals surface area contributed by atoms with Gasteiger partial charge >= 0.3 is 6.03 Å². The van der Waals surface area contributed by atoms with Crippen LogP contribution in [0.4, 0.5) is 13.6 Å². The van der Waals surface area contributed by atoms with E-state index < -0.39 is 17.7 Å². The van der Waals surface area contributed by atoms with Gasteiger partial charge < -0.3 is 10.5 Å². The summed E-state index contributed by atoms with van der Waals surface area (Å²) >= 11 is 0. The van der Waals surface area contributed by atoms with Gasteiger partial charge in [0.2, 0.25) is 0 Å². The smallest absolute Gasteiger partial charge is 0.332 e. The molecule has 3 N–H and O–H groups in total. The van der Waals surface area contributed by atoms with Crippen molar-refractivity contribution in [3.63, 3.8) is 0 Å². The second-order valence-electron chi connectivity index (χ2n) is 4.30. The molecule has 0 bridgehead atoms. The predicted octanol–water partition coefficient (Wildman–Crippen LogP) is 2.55. The number of benzene rings is 2. The molecular weight excluding hydrogens is 292 g/mol. The first-order chi connectivity index (χ1) is 10.6. The number of hydrazone groups is 1. The first kappa shape index (κ1) is 15.4. The van der Waals surface area contributed by atoms with Crippen LogP contribution in [-0.2, 0) is 6.61 Å². The van der Waals surface area contributed by atoms with Crippen LogP contribution in [0, 0.1) is 11.6 Å². The Labute approximate surface area is 125 Å². The number of nitrogens with one attached hydrogen (secondary N) is 1. The average Bonchev–Trinajstić information content (AvgIpc) is 2.47. The van der Waals surface area contributed by atoms with Gasteiger partial charge in [0.25, 0.3) is 0 Å². The standard InChI is InChI=1S/C15H13F2N3O2/c16-12-4-2-1-3-11(12)9-22-14-6-5-10(7-13(14)17)8-19-20-15(18)21/h1-8H,9H2,(H3,18,20,21). The Morgan fingerprint density at radius 3 is 2.68 bits per heavy atom. The molecule has 2 amide bonds. The Balaban J connectivity index is 2.02. The SMILES string of the molecule is NC(=O)NN=Cc1ccc(OCc2ccccc2F)c(F)c1. The molecule has 0 aliphatic carbocycles. The molecule has 0 unspecified atom stereocenters. The molecule has 5 nitrogen and oxygen atoms in total. The molecule has 2 aromatic carbocycles. The van der Waals surface area contributed by atoms with Gasteiger partial charge in [-0.25, -0.2) is 19.0 Å². The lowest BCUT2D eigenvalue weighted by atomic mass is 10.2. The van der Waals surface area contributed by atoms with Crippen LogP contribution < -0.4 is 15.9 Å². The van der Waals surface area contributed by atoms with Gasteiger partial charge in [-0.1, -0.05) is 18.2 Å². The van der Waals surface area contributed by atoms with Crippen molar-refractivity contribution in [1.82, 2.24) is 5.43 Å². The fourth-order valence-corrected chi connectivity index (χ4v) is 1.66. The first-order valence-corrected chi connectivity index (χ1v) is 6.30. The van der Waals surface area contributed by atoms with Crippen molar-refractivity contribution in [3.05, 3.63) is 65.2 Å². The van der Waals surface area contributed by atoms with Gasteiger partial charge in [-0.3, -0.25) is 0 Å². The zero-order valence-corrected chi connectivity index (χ0v) is 11.4. The van der Waals surface area contributed by atoms with E-state index in [9.17, 15) is 13.6 Å². The Morgan fingerprint density at radius 2 is 2.00 bits per heavy atom. The number of carbonyl (C=O) groups excluding carboxylic acids is 1. The molecule has 0 aromatic heterocycles. The molecule has 0 fully saturated rings. The Kier molecular flexibility index (Phi) is 5.02. The summed E-state index contributed by atoms with van der Waals surface area (Å²) in [6.07, 6.45) is 1.23. The molecule has 7 heteroatoms. The number of rotatable bonds is 5. The van der Waals surface area contributed by atoms with Crippen LogP contribution in [0.5, 0.6) is 5.75 Å². The highest BCUT2D eigenvalue weighted by Gasteiger charge is 2.06. The number of nitrogens with two attached hydrogens (primary N) is 1. The van der Waals surface area contributed by atoms with Gasteiger partial charge in [0.15, 0.2) is 11.6 Å². The van der Waals surface area contributed by atoms with Crippen molar-refractivity contribution in [2.45, 2.75) is 6.61 Å². The zero-order valence-electron chi connectivity index (χ0n) is 11.4. The number of hydrogen-bond donors (Lipinski definition) is 2. The van der Waals surface area contributed by atoms with Gasteiger partial charge in [0.05, 0.1) is 6.21 Å². The quantitative estimate of drug-likeness (QED) is 0.658. The van der Waals surface area contributed by atoms with Crippen LogP contribution in [0.3, 0.4) is 0 Å². The summed E-state index contributed by atoms with van der Waals surface area (Å²) in [7, 11) is 0. The third kappa shape index (κ3) is 4.27. The van der Waals surface area contributed by atoms with Crippen molar-refractivity contribution >= 4 is 12.2 Å². The van der Waals surface area contributed by atoms with Gasteiger partial charge in [-0.15, -0.1) is 0 Å². The highest BCUT2D eigenvalue weighted by atomic mass is 19.1. The Hall–Kier alpha value is -2.96. The van der Waals surface area contributed by atoms with Gasteiger partial charge in [-0.05, 0) is 29.8 Å². The van der Waals surface area contributed by atoms with E-state index in [4.69, 9.17) is 10.5 Å². The number of hydrogen-bond acceptors (Lipinski definition) is 3. The number of urea groups is 1. The average molecular weight is 305 g/mol. The van der Waals surface area contributed by atoms with E-state index in [1.807, 2.05) is 5.43 Å². The van der Waals surface area contributed by atoms with E-state index in [1.54, 1.807) is 18.2 Å². The second-order valence-corrected chi connectivity index (χ2v) is 4.30. The Morgan fingerprint density at radius 1 is 1.23 bits per heavy atom. The number of primary amides is 1. The van der Waals surface area contributed by atoms with Gasteiger partial charge in [0.1, 0.15) is 12.4 Å². The first-order valence-electron chi connectivity index (χ1n) is 6.30. The molecule has 0 saturated carbocycles. The minimum Gasteiger partial charge on any atom is -0.486 e. The monoisotopic (exact) mass is 305 g/mol. The lowest BCUT2D eigenvalue weighted by Gasteiger charge is -2.08. The molecule has 0 aliphatic heterocycles. The fourth-order valence-electron chi connectivity index (χ4n) is 1.66. The molecule has 114 valence electrons.